The van der Waals surface area contributed by atoms with E-state index in [2.05, 4.69) is 4.98 Å². The van der Waals surface area contributed by atoms with Crippen molar-refractivity contribution in [3.63, 3.8) is 0 Å². The Hall–Kier alpha value is -1.29. The van der Waals surface area contributed by atoms with Gasteiger partial charge in [0.05, 0.1) is 6.20 Å². The Kier molecular flexibility index (Phi) is 3.84. The van der Waals surface area contributed by atoms with E-state index in [9.17, 15) is 0 Å². The van der Waals surface area contributed by atoms with E-state index in [0.29, 0.717) is 28.1 Å². The molecule has 0 aliphatic carbocycles. The minimum Gasteiger partial charge on any atom is -0.456 e. The van der Waals surface area contributed by atoms with Gasteiger partial charge in [0.15, 0.2) is 0 Å². The Balaban J connectivity index is 2.24. The van der Waals surface area contributed by atoms with Crippen molar-refractivity contribution < 1.29 is 4.74 Å². The van der Waals surface area contributed by atoms with Crippen molar-refractivity contribution in [3.8, 4) is 11.5 Å². The Morgan fingerprint density at radius 1 is 1.00 bits per heavy atom. The first-order chi connectivity index (χ1) is 8.17. The van der Waals surface area contributed by atoms with E-state index in [0.717, 1.165) is 5.56 Å². The summed E-state index contributed by atoms with van der Waals surface area (Å²) in [6.45, 7) is 0.417. The molecule has 5 heteroatoms. The summed E-state index contributed by atoms with van der Waals surface area (Å²) in [6, 6.07) is 6.83. The zero-order valence-corrected chi connectivity index (χ0v) is 10.4. The highest BCUT2D eigenvalue weighted by atomic mass is 35.5. The summed E-state index contributed by atoms with van der Waals surface area (Å²) in [5, 5.41) is 1.05. The van der Waals surface area contributed by atoms with Crippen molar-refractivity contribution in [2.45, 2.75) is 6.54 Å². The van der Waals surface area contributed by atoms with Crippen molar-refractivity contribution in [2.24, 2.45) is 5.73 Å². The summed E-state index contributed by atoms with van der Waals surface area (Å²) in [6.07, 6.45) is 3.30. The van der Waals surface area contributed by atoms with Crippen molar-refractivity contribution in [1.82, 2.24) is 4.98 Å². The van der Waals surface area contributed by atoms with Gasteiger partial charge in [-0.25, -0.2) is 0 Å². The molecule has 1 heterocycles. The first-order valence-corrected chi connectivity index (χ1v) is 5.71. The molecular formula is C12H10Cl2N2O. The van der Waals surface area contributed by atoms with Gasteiger partial charge in [-0.15, -0.1) is 0 Å². The third kappa shape index (κ3) is 3.33. The summed E-state index contributed by atoms with van der Waals surface area (Å²) >= 11 is 11.7. The van der Waals surface area contributed by atoms with Gasteiger partial charge < -0.3 is 10.5 Å². The molecule has 17 heavy (non-hydrogen) atoms. The minimum absolute atomic E-state index is 0.417. The fraction of sp³-hybridized carbons (Fsp3) is 0.0833. The van der Waals surface area contributed by atoms with Gasteiger partial charge in [0, 0.05) is 22.8 Å². The Labute approximate surface area is 109 Å². The molecule has 88 valence electrons. The van der Waals surface area contributed by atoms with Gasteiger partial charge in [-0.3, -0.25) is 4.98 Å². The minimum atomic E-state index is 0.417. The molecule has 0 aliphatic heterocycles. The van der Waals surface area contributed by atoms with E-state index in [4.69, 9.17) is 33.7 Å². The number of halogens is 2. The lowest BCUT2D eigenvalue weighted by Crippen LogP contribution is -1.97. The van der Waals surface area contributed by atoms with E-state index in [1.54, 1.807) is 30.6 Å². The molecule has 0 saturated heterocycles. The molecule has 2 rings (SSSR count). The fourth-order valence-corrected chi connectivity index (χ4v) is 1.86. The number of hydrogen-bond acceptors (Lipinski definition) is 3. The van der Waals surface area contributed by atoms with Crippen molar-refractivity contribution >= 4 is 23.2 Å². The maximum atomic E-state index is 5.87. The number of ether oxygens (including phenoxy) is 1. The number of nitrogens with two attached hydrogens (primary N) is 1. The summed E-state index contributed by atoms with van der Waals surface area (Å²) in [7, 11) is 0. The van der Waals surface area contributed by atoms with Gasteiger partial charge in [-0.2, -0.15) is 0 Å². The molecule has 2 aromatic rings. The molecule has 0 bridgehead atoms. The molecule has 0 aliphatic rings. The fourth-order valence-electron chi connectivity index (χ4n) is 1.35. The van der Waals surface area contributed by atoms with Gasteiger partial charge in [0.2, 0.25) is 0 Å². The van der Waals surface area contributed by atoms with Crippen LogP contribution in [-0.4, -0.2) is 4.98 Å². The van der Waals surface area contributed by atoms with Crippen LogP contribution in [0.2, 0.25) is 10.0 Å². The Morgan fingerprint density at radius 3 is 2.35 bits per heavy atom. The van der Waals surface area contributed by atoms with Crippen LogP contribution >= 0.6 is 23.2 Å². The predicted octanol–water partition coefficient (Wildman–Crippen LogP) is 3.64. The molecule has 3 nitrogen and oxygen atoms in total. The molecule has 0 atom stereocenters. The first-order valence-electron chi connectivity index (χ1n) is 4.95. The molecule has 0 radical (unpaired) electrons. The third-order valence-corrected chi connectivity index (χ3v) is 2.51. The van der Waals surface area contributed by atoms with Crippen molar-refractivity contribution in [2.75, 3.05) is 0 Å². The molecule has 0 fully saturated rings. The lowest BCUT2D eigenvalue weighted by molar-refractivity contribution is 0.479. The second-order valence-electron chi connectivity index (χ2n) is 3.44. The summed E-state index contributed by atoms with van der Waals surface area (Å²) < 4.78 is 5.60. The Bertz CT molecular complexity index is 511. The maximum Gasteiger partial charge on any atom is 0.146 e. The summed E-state index contributed by atoms with van der Waals surface area (Å²) in [5.41, 5.74) is 6.42. The molecule has 1 aromatic carbocycles. The van der Waals surface area contributed by atoms with Crippen LogP contribution in [0.15, 0.2) is 36.7 Å². The number of benzene rings is 1. The van der Waals surface area contributed by atoms with Gasteiger partial charge in [-0.1, -0.05) is 23.2 Å². The normalized spacial score (nSPS) is 10.3. The second kappa shape index (κ2) is 5.36. The van der Waals surface area contributed by atoms with Crippen LogP contribution in [0, 0.1) is 0 Å². The highest BCUT2D eigenvalue weighted by molar-refractivity contribution is 6.34. The van der Waals surface area contributed by atoms with Crippen LogP contribution in [0.3, 0.4) is 0 Å². The van der Waals surface area contributed by atoms with Crippen molar-refractivity contribution in [1.29, 1.82) is 0 Å². The average molecular weight is 269 g/mol. The number of pyridine rings is 1. The topological polar surface area (TPSA) is 48.1 Å². The van der Waals surface area contributed by atoms with Crippen LogP contribution < -0.4 is 10.5 Å². The smallest absolute Gasteiger partial charge is 0.146 e. The zero-order valence-electron chi connectivity index (χ0n) is 8.86. The average Bonchev–Trinajstić information content (AvgIpc) is 2.28. The molecule has 0 unspecified atom stereocenters. The molecule has 0 spiro atoms. The Morgan fingerprint density at radius 2 is 1.71 bits per heavy atom. The lowest BCUT2D eigenvalue weighted by Gasteiger charge is -2.07. The van der Waals surface area contributed by atoms with Crippen LogP contribution in [0.4, 0.5) is 0 Å². The first kappa shape index (κ1) is 12.2. The largest absolute Gasteiger partial charge is 0.456 e. The van der Waals surface area contributed by atoms with E-state index in [1.807, 2.05) is 6.07 Å². The van der Waals surface area contributed by atoms with Crippen molar-refractivity contribution in [3.05, 3.63) is 52.3 Å². The highest BCUT2D eigenvalue weighted by Crippen LogP contribution is 2.28. The molecule has 0 amide bonds. The standard InChI is InChI=1S/C12H10Cl2N2O/c13-9-2-10(14)4-11(3-9)17-12-1-8(5-15)6-16-7-12/h1-4,6-7H,5,15H2. The quantitative estimate of drug-likeness (QED) is 0.925. The zero-order chi connectivity index (χ0) is 12.3. The van der Waals surface area contributed by atoms with Gasteiger partial charge in [0.25, 0.3) is 0 Å². The number of nitrogens with zero attached hydrogens (tertiary/aromatic N) is 1. The van der Waals surface area contributed by atoms with E-state index < -0.39 is 0 Å². The van der Waals surface area contributed by atoms with Crippen LogP contribution in [-0.2, 0) is 6.54 Å². The summed E-state index contributed by atoms with van der Waals surface area (Å²) in [4.78, 5) is 4.03. The number of aromatic nitrogens is 1. The van der Waals surface area contributed by atoms with Gasteiger partial charge >= 0.3 is 0 Å². The number of hydrogen-bond donors (Lipinski definition) is 1. The van der Waals surface area contributed by atoms with Gasteiger partial charge in [0.1, 0.15) is 11.5 Å². The number of rotatable bonds is 3. The summed E-state index contributed by atoms with van der Waals surface area (Å²) in [5.74, 6) is 1.17. The van der Waals surface area contributed by atoms with E-state index in [-0.39, 0.29) is 0 Å². The van der Waals surface area contributed by atoms with Crippen LogP contribution in [0.1, 0.15) is 5.56 Å². The molecular weight excluding hydrogens is 259 g/mol. The molecule has 1 aromatic heterocycles. The lowest BCUT2D eigenvalue weighted by atomic mass is 10.3. The van der Waals surface area contributed by atoms with E-state index in [1.165, 1.54) is 0 Å². The predicted molar refractivity (Wildman–Crippen MR) is 68.7 cm³/mol. The van der Waals surface area contributed by atoms with Crippen LogP contribution in [0.25, 0.3) is 0 Å². The maximum absolute atomic E-state index is 5.87. The monoisotopic (exact) mass is 268 g/mol. The highest BCUT2D eigenvalue weighted by Gasteiger charge is 2.02. The van der Waals surface area contributed by atoms with Crippen LogP contribution in [0.5, 0.6) is 11.5 Å². The molecule has 0 saturated carbocycles. The van der Waals surface area contributed by atoms with E-state index >= 15 is 0 Å². The SMILES string of the molecule is NCc1cncc(Oc2cc(Cl)cc(Cl)c2)c1. The van der Waals surface area contributed by atoms with Gasteiger partial charge in [-0.05, 0) is 29.8 Å². The third-order valence-electron chi connectivity index (χ3n) is 2.08. The molecule has 2 N–H and O–H groups in total. The second-order valence-corrected chi connectivity index (χ2v) is 4.31.